The lowest BCUT2D eigenvalue weighted by atomic mass is 10.3. The number of nitrogens with zero attached hydrogens (tertiary/aromatic N) is 1. The zero-order valence-corrected chi connectivity index (χ0v) is 13.3. The van der Waals surface area contributed by atoms with Crippen LogP contribution in [-0.4, -0.2) is 16.1 Å². The second kappa shape index (κ2) is 5.90. The van der Waals surface area contributed by atoms with Gasteiger partial charge in [-0.2, -0.15) is 0 Å². The minimum atomic E-state index is -1.16. The molecular formula is C12H7Br2ClN2O2. The zero-order valence-electron chi connectivity index (χ0n) is 9.32. The Morgan fingerprint density at radius 1 is 1.26 bits per heavy atom. The van der Waals surface area contributed by atoms with Gasteiger partial charge in [-0.3, -0.25) is 0 Å². The Bertz CT molecular complexity index is 650. The van der Waals surface area contributed by atoms with Crippen LogP contribution in [-0.2, 0) is 0 Å². The number of nitrogens with one attached hydrogen (secondary N) is 1. The molecule has 2 rings (SSSR count). The second-order valence-electron chi connectivity index (χ2n) is 3.58. The highest BCUT2D eigenvalue weighted by Gasteiger charge is 2.12. The van der Waals surface area contributed by atoms with Gasteiger partial charge in [-0.1, -0.05) is 27.5 Å². The molecule has 0 spiro atoms. The van der Waals surface area contributed by atoms with Gasteiger partial charge in [0, 0.05) is 8.95 Å². The first-order valence-electron chi connectivity index (χ1n) is 5.09. The van der Waals surface area contributed by atoms with Gasteiger partial charge in [-0.15, -0.1) is 0 Å². The lowest BCUT2D eigenvalue weighted by Crippen LogP contribution is -2.04. The van der Waals surface area contributed by atoms with E-state index in [1.54, 1.807) is 6.07 Å². The molecule has 0 saturated carbocycles. The fourth-order valence-electron chi connectivity index (χ4n) is 1.39. The van der Waals surface area contributed by atoms with Crippen molar-refractivity contribution in [2.75, 3.05) is 5.32 Å². The summed E-state index contributed by atoms with van der Waals surface area (Å²) in [7, 11) is 0. The molecule has 1 heterocycles. The maximum Gasteiger partial charge on any atom is 0.356 e. The fraction of sp³-hybridized carbons (Fsp3) is 0. The summed E-state index contributed by atoms with van der Waals surface area (Å²) < 4.78 is 1.76. The Hall–Kier alpha value is -1.11. The molecule has 0 bridgehead atoms. The number of benzene rings is 1. The van der Waals surface area contributed by atoms with Crippen LogP contribution in [0.5, 0.6) is 0 Å². The van der Waals surface area contributed by atoms with Crippen molar-refractivity contribution >= 4 is 60.9 Å². The molecule has 1 aromatic heterocycles. The van der Waals surface area contributed by atoms with Crippen molar-refractivity contribution in [2.45, 2.75) is 0 Å². The first-order valence-corrected chi connectivity index (χ1v) is 7.05. The van der Waals surface area contributed by atoms with E-state index in [0.717, 1.165) is 14.6 Å². The minimum Gasteiger partial charge on any atom is -0.476 e. The zero-order chi connectivity index (χ0) is 14.0. The molecule has 7 heteroatoms. The highest BCUT2D eigenvalue weighted by molar-refractivity contribution is 9.11. The van der Waals surface area contributed by atoms with Crippen molar-refractivity contribution in [1.29, 1.82) is 0 Å². The number of hydrogen-bond acceptors (Lipinski definition) is 3. The molecule has 0 aliphatic heterocycles. The van der Waals surface area contributed by atoms with Crippen LogP contribution in [0.15, 0.2) is 39.3 Å². The monoisotopic (exact) mass is 404 g/mol. The molecule has 19 heavy (non-hydrogen) atoms. The highest BCUT2D eigenvalue weighted by atomic mass is 79.9. The van der Waals surface area contributed by atoms with Gasteiger partial charge in [-0.05, 0) is 46.3 Å². The summed E-state index contributed by atoms with van der Waals surface area (Å²) in [5, 5.41) is 12.1. The normalized spacial score (nSPS) is 10.3. The second-order valence-corrected chi connectivity index (χ2v) is 5.76. The quantitative estimate of drug-likeness (QED) is 0.776. The molecule has 0 unspecified atom stereocenters. The molecule has 0 aliphatic carbocycles. The molecule has 2 N–H and O–H groups in total. The van der Waals surface area contributed by atoms with E-state index in [4.69, 9.17) is 16.7 Å². The summed E-state index contributed by atoms with van der Waals surface area (Å²) in [5.74, 6) is -0.756. The molecule has 1 aromatic carbocycles. The van der Waals surface area contributed by atoms with Gasteiger partial charge < -0.3 is 10.4 Å². The number of carboxylic acids is 1. The van der Waals surface area contributed by atoms with Gasteiger partial charge in [-0.25, -0.2) is 9.78 Å². The third-order valence-corrected chi connectivity index (χ3v) is 3.70. The van der Waals surface area contributed by atoms with Crippen molar-refractivity contribution < 1.29 is 9.90 Å². The van der Waals surface area contributed by atoms with Crippen LogP contribution in [0, 0.1) is 0 Å². The molecule has 0 amide bonds. The maximum absolute atomic E-state index is 10.9. The number of halogens is 3. The number of pyridine rings is 1. The van der Waals surface area contributed by atoms with E-state index < -0.39 is 5.97 Å². The summed E-state index contributed by atoms with van der Waals surface area (Å²) >= 11 is 12.5. The smallest absolute Gasteiger partial charge is 0.356 e. The van der Waals surface area contributed by atoms with E-state index in [0.29, 0.717) is 5.82 Å². The Morgan fingerprint density at radius 2 is 2.00 bits per heavy atom. The Balaban J connectivity index is 2.33. The molecule has 0 fully saturated rings. The number of carboxylic acid groups (broad SMARTS) is 1. The third-order valence-electron chi connectivity index (χ3n) is 2.24. The van der Waals surface area contributed by atoms with Crippen LogP contribution in [0.25, 0.3) is 0 Å². The lowest BCUT2D eigenvalue weighted by molar-refractivity contribution is 0.0691. The SMILES string of the molecule is O=C(O)c1nc(Nc2ccc(Br)cc2Br)ccc1Cl. The predicted molar refractivity (Wildman–Crippen MR) is 81.3 cm³/mol. The summed E-state index contributed by atoms with van der Waals surface area (Å²) in [6.07, 6.45) is 0. The predicted octanol–water partition coefficient (Wildman–Crippen LogP) is 4.70. The Labute approximate surface area is 131 Å². The summed E-state index contributed by atoms with van der Waals surface area (Å²) in [6.45, 7) is 0. The molecule has 98 valence electrons. The number of hydrogen-bond donors (Lipinski definition) is 2. The molecule has 0 radical (unpaired) electrons. The summed E-state index contributed by atoms with van der Waals surface area (Å²) in [6, 6.07) is 8.68. The van der Waals surface area contributed by atoms with E-state index in [2.05, 4.69) is 42.2 Å². The summed E-state index contributed by atoms with van der Waals surface area (Å²) in [4.78, 5) is 14.9. The van der Waals surface area contributed by atoms with Gasteiger partial charge in [0.1, 0.15) is 5.82 Å². The van der Waals surface area contributed by atoms with Crippen LogP contribution in [0.4, 0.5) is 11.5 Å². The van der Waals surface area contributed by atoms with E-state index in [1.165, 1.54) is 6.07 Å². The molecule has 0 saturated heterocycles. The van der Waals surface area contributed by atoms with Crippen molar-refractivity contribution in [2.24, 2.45) is 0 Å². The van der Waals surface area contributed by atoms with E-state index >= 15 is 0 Å². The largest absolute Gasteiger partial charge is 0.476 e. The lowest BCUT2D eigenvalue weighted by Gasteiger charge is -2.09. The number of rotatable bonds is 3. The van der Waals surface area contributed by atoms with Crippen molar-refractivity contribution in [3.05, 3.63) is 50.0 Å². The first-order chi connectivity index (χ1) is 8.97. The van der Waals surface area contributed by atoms with Gasteiger partial charge in [0.2, 0.25) is 0 Å². The Morgan fingerprint density at radius 3 is 2.63 bits per heavy atom. The minimum absolute atomic E-state index is 0.105. The molecule has 2 aromatic rings. The topological polar surface area (TPSA) is 62.2 Å². The van der Waals surface area contributed by atoms with E-state index in [1.807, 2.05) is 18.2 Å². The van der Waals surface area contributed by atoms with Crippen LogP contribution < -0.4 is 5.32 Å². The van der Waals surface area contributed by atoms with Crippen LogP contribution in [0.2, 0.25) is 5.02 Å². The van der Waals surface area contributed by atoms with Crippen molar-refractivity contribution in [3.8, 4) is 0 Å². The van der Waals surface area contributed by atoms with Gasteiger partial charge >= 0.3 is 5.97 Å². The Kier molecular flexibility index (Phi) is 4.44. The molecular weight excluding hydrogens is 399 g/mol. The maximum atomic E-state index is 10.9. The fourth-order valence-corrected chi connectivity index (χ4v) is 2.72. The van der Waals surface area contributed by atoms with E-state index in [-0.39, 0.29) is 10.7 Å². The van der Waals surface area contributed by atoms with Gasteiger partial charge in [0.15, 0.2) is 5.69 Å². The van der Waals surface area contributed by atoms with Crippen LogP contribution >= 0.6 is 43.5 Å². The summed E-state index contributed by atoms with van der Waals surface area (Å²) in [5.41, 5.74) is 0.592. The van der Waals surface area contributed by atoms with Gasteiger partial charge in [0.25, 0.3) is 0 Å². The molecule has 0 aliphatic rings. The van der Waals surface area contributed by atoms with Crippen molar-refractivity contribution in [3.63, 3.8) is 0 Å². The number of aromatic carboxylic acids is 1. The number of anilines is 2. The number of aromatic nitrogens is 1. The van der Waals surface area contributed by atoms with Gasteiger partial charge in [0.05, 0.1) is 10.7 Å². The first kappa shape index (κ1) is 14.3. The van der Waals surface area contributed by atoms with Crippen LogP contribution in [0.3, 0.4) is 0 Å². The molecule has 0 atom stereocenters. The number of carbonyl (C=O) groups is 1. The van der Waals surface area contributed by atoms with Crippen molar-refractivity contribution in [1.82, 2.24) is 4.98 Å². The molecule has 4 nitrogen and oxygen atoms in total. The standard InChI is InChI=1S/C12H7Br2ClN2O2/c13-6-1-3-9(7(14)5-6)16-10-4-2-8(15)11(17-10)12(18)19/h1-5H,(H,16,17)(H,18,19). The van der Waals surface area contributed by atoms with Crippen LogP contribution in [0.1, 0.15) is 10.5 Å². The average molecular weight is 406 g/mol. The van der Waals surface area contributed by atoms with E-state index in [9.17, 15) is 4.79 Å². The highest BCUT2D eigenvalue weighted by Crippen LogP contribution is 2.29. The average Bonchev–Trinajstić information content (AvgIpc) is 2.34. The third kappa shape index (κ3) is 3.46.